The van der Waals surface area contributed by atoms with Crippen molar-refractivity contribution >= 4 is 270 Å². The van der Waals surface area contributed by atoms with Crippen LogP contribution in [0.1, 0.15) is 13.3 Å². The van der Waals surface area contributed by atoms with Gasteiger partial charge in [0, 0.05) is 5.57 Å². The molecule has 0 aromatic carbocycles. The molecule has 0 aromatic rings. The number of esters is 1. The summed E-state index contributed by atoms with van der Waals surface area (Å²) in [6.07, 6.45) is 0.484. The van der Waals surface area contributed by atoms with Crippen LogP contribution in [0.3, 0.4) is 0 Å². The Morgan fingerprint density at radius 3 is 0.971 bits per heavy atom. The quantitative estimate of drug-likeness (QED) is 0.0239. The van der Waals surface area contributed by atoms with E-state index in [-0.39, 0.29) is 164 Å². The molecule has 0 radical (unpaired) electrons. The van der Waals surface area contributed by atoms with Gasteiger partial charge in [0.1, 0.15) is 157 Å². The molecule has 0 aromatic heterocycles. The normalized spacial score (nSPS) is 20.8. The molecule has 0 amide bonds. The molecule has 54 heteroatoms. The summed E-state index contributed by atoms with van der Waals surface area (Å²) in [5.41, 5.74) is 0.298. The van der Waals surface area contributed by atoms with Crippen molar-refractivity contribution in [1.82, 2.24) is 0 Å². The average Bonchev–Trinajstić information content (AvgIpc) is 3.28. The van der Waals surface area contributed by atoms with Crippen molar-refractivity contribution in [3.05, 3.63) is 12.2 Å². The highest BCUT2D eigenvalue weighted by molar-refractivity contribution is 7.10. The van der Waals surface area contributed by atoms with Crippen LogP contribution in [0.2, 0.25) is 51.9 Å². The van der Waals surface area contributed by atoms with Crippen molar-refractivity contribution in [2.45, 2.75) is 65.2 Å². The molecule has 0 saturated heterocycles. The lowest BCUT2D eigenvalue weighted by Crippen LogP contribution is -2.79. The summed E-state index contributed by atoms with van der Waals surface area (Å²) in [5, 5.41) is 0. The highest BCUT2D eigenvalue weighted by Gasteiger charge is 2.77. The van der Waals surface area contributed by atoms with Gasteiger partial charge in [-0.05, 0) is 65.2 Å². The lowest BCUT2D eigenvalue weighted by molar-refractivity contribution is -0.139. The van der Waals surface area contributed by atoms with Crippen molar-refractivity contribution < 1.29 is 112 Å². The highest BCUT2D eigenvalue weighted by Crippen LogP contribution is 2.38. The lowest BCUT2D eigenvalue weighted by atomic mass is 10.4. The maximum atomic E-state index is 12.2. The number of hydrogen-bond acceptors (Lipinski definition) is 27. The average molecular weight is 1440 g/mol. The number of hydrogen-bond donors (Lipinski definition) is 0. The molecular weight excluding hydrogens is 1360 g/mol. The van der Waals surface area contributed by atoms with E-state index in [0.29, 0.717) is 27.8 Å². The van der Waals surface area contributed by atoms with E-state index in [0.717, 1.165) is 0 Å². The summed E-state index contributed by atoms with van der Waals surface area (Å²) in [6, 6.07) is 0.537. The molecule has 2 unspecified atom stereocenters. The molecular formula is C14H80O27Si27. The first-order valence-electron chi connectivity index (χ1n) is 20.4. The first kappa shape index (κ1) is 72.1. The van der Waals surface area contributed by atoms with Gasteiger partial charge >= 0.3 is 86.2 Å². The van der Waals surface area contributed by atoms with Gasteiger partial charge < -0.3 is 108 Å². The Bertz CT molecular complexity index is 1400. The summed E-state index contributed by atoms with van der Waals surface area (Å²) in [7, 11) is -44.4. The van der Waals surface area contributed by atoms with Gasteiger partial charge in [-0.3, -0.25) is 0 Å². The van der Waals surface area contributed by atoms with Crippen LogP contribution in [0.5, 0.6) is 0 Å². The molecule has 0 heterocycles. The van der Waals surface area contributed by atoms with Gasteiger partial charge in [-0.15, -0.1) is 0 Å². The van der Waals surface area contributed by atoms with Crippen LogP contribution >= 0.6 is 0 Å². The Kier molecular flexibility index (Phi) is 33.5. The van der Waals surface area contributed by atoms with Gasteiger partial charge in [0.05, 0.1) is 16.4 Å². The molecule has 68 heavy (non-hydrogen) atoms. The molecule has 27 nitrogen and oxygen atoms in total. The second-order valence-electron chi connectivity index (χ2n) is 15.7. The van der Waals surface area contributed by atoms with E-state index in [2.05, 4.69) is 6.58 Å². The second-order valence-corrected chi connectivity index (χ2v) is 71.8. The molecule has 406 valence electrons. The Balaban J connectivity index is 9.40. The molecule has 0 N–H and O–H groups in total. The van der Waals surface area contributed by atoms with E-state index < -0.39 is 103 Å². The maximum absolute atomic E-state index is 12.2. The highest BCUT2D eigenvalue weighted by atomic mass is 29.2. The third kappa shape index (κ3) is 22.8. The van der Waals surface area contributed by atoms with Crippen molar-refractivity contribution in [3.8, 4) is 0 Å². The largest absolute Gasteiger partial charge is 0.656 e. The van der Waals surface area contributed by atoms with Gasteiger partial charge in [-0.2, -0.15) is 0 Å². The van der Waals surface area contributed by atoms with E-state index in [4.69, 9.17) is 108 Å². The molecule has 0 aliphatic rings. The van der Waals surface area contributed by atoms with E-state index in [1.54, 1.807) is 20.0 Å². The minimum absolute atomic E-state index is 0.0173. The standard InChI is InChI=1S/C14H80O27Si27/c1-13(2)14(15)16-11-10-12-59(6,7)33-60(8,9)34-66(35-61(17-42,18-43)19-44,39-65(29-54,32-58(3,4)5)41-68(57,30-55)31-56)40-67(36-62(20-45,21-46)22-47,37-63(23-48,24-49)25-50)38-64(26-51,27-52)28-53/h1,10-12H2,2-9,42-57H3. The predicted octanol–water partition coefficient (Wildman–Crippen LogP) is -19.3. The number of rotatable bonds is 40. The van der Waals surface area contributed by atoms with E-state index >= 15 is 0 Å². The zero-order chi connectivity index (χ0) is 53.2. The van der Waals surface area contributed by atoms with Gasteiger partial charge in [0.25, 0.3) is 0 Å². The van der Waals surface area contributed by atoms with Crippen LogP contribution < -0.4 is 0 Å². The van der Waals surface area contributed by atoms with Crippen LogP contribution in [0.25, 0.3) is 0 Å². The Morgan fingerprint density at radius 2 is 0.691 bits per heavy atom. The predicted molar refractivity (Wildman–Crippen MR) is 326 cm³/mol. The molecule has 0 spiro atoms. The zero-order valence-electron chi connectivity index (χ0n) is 44.4. The second kappa shape index (κ2) is 31.6. The lowest BCUT2D eigenvalue weighted by Gasteiger charge is -2.48. The molecule has 0 aliphatic heterocycles. The molecule has 0 bridgehead atoms. The smallest absolute Gasteiger partial charge is 0.462 e. The summed E-state index contributed by atoms with van der Waals surface area (Å²) in [6.45, 7) is 18.8. The van der Waals surface area contributed by atoms with E-state index in [9.17, 15) is 4.79 Å². The SMILES string of the molecule is C=C(C)C(=O)OCCC[Si](C)(C)O[Si](C)(C)O[Si](O[Si](O[SiH3])(O[SiH3])O[SiH3])(O[Si](O[SiH3])(O[Si](C)(C)C)O[Si]([SiH3])(O[SiH3])O[SiH3])O[Si](O[Si](O[SiH3])(O[SiH3])O[SiH3])(O[Si](O[SiH3])(O[SiH3])O[SiH3])O[Si](O[SiH3])(O[SiH3])O[SiH3]. The minimum atomic E-state index is -5.56. The molecule has 0 saturated carbocycles. The monoisotopic (exact) mass is 1440 g/mol. The molecule has 0 aliphatic carbocycles. The molecule has 0 rings (SSSR count). The van der Waals surface area contributed by atoms with Crippen LogP contribution in [-0.4, -0.2) is 276 Å². The minimum Gasteiger partial charge on any atom is -0.462 e. The van der Waals surface area contributed by atoms with Crippen LogP contribution in [0.15, 0.2) is 12.2 Å². The fourth-order valence-electron chi connectivity index (χ4n) is 5.45. The first-order valence-corrected chi connectivity index (χ1v) is 58.7. The van der Waals surface area contributed by atoms with E-state index in [1.807, 2.05) is 32.7 Å². The number of carbonyl (C=O) groups is 1. The van der Waals surface area contributed by atoms with Gasteiger partial charge in [-0.25, -0.2) is 4.79 Å². The third-order valence-corrected chi connectivity index (χ3v) is 76.4. The van der Waals surface area contributed by atoms with Gasteiger partial charge in [-0.1, -0.05) is 6.58 Å². The topological polar surface area (TPSA) is 257 Å². The Morgan fingerprint density at radius 1 is 0.397 bits per heavy atom. The van der Waals surface area contributed by atoms with E-state index in [1.165, 1.54) is 0 Å². The van der Waals surface area contributed by atoms with Crippen molar-refractivity contribution in [1.29, 1.82) is 0 Å². The fourth-order valence-corrected chi connectivity index (χ4v) is 84.2. The third-order valence-electron chi connectivity index (χ3n) is 8.63. The number of carbonyl (C=O) groups excluding carboxylic acids is 1. The Labute approximate surface area is 462 Å². The zero-order valence-corrected chi connectivity index (χ0v) is 87.4. The molecule has 0 fully saturated rings. The fraction of sp³-hybridized carbons (Fsp3) is 0.786. The summed E-state index contributed by atoms with van der Waals surface area (Å²) < 4.78 is 168. The summed E-state index contributed by atoms with van der Waals surface area (Å²) in [5.74, 6) is -0.482. The van der Waals surface area contributed by atoms with Crippen molar-refractivity contribution in [3.63, 3.8) is 0 Å². The maximum Gasteiger partial charge on any atom is 0.656 e. The molecule has 2 atom stereocenters. The van der Waals surface area contributed by atoms with Crippen LogP contribution in [0, 0.1) is 0 Å². The van der Waals surface area contributed by atoms with Crippen molar-refractivity contribution in [2.75, 3.05) is 6.61 Å². The first-order chi connectivity index (χ1) is 31.3. The summed E-state index contributed by atoms with van der Waals surface area (Å²) in [4.78, 5) is 12.2. The Hall–Kier alpha value is 4.07. The van der Waals surface area contributed by atoms with Crippen LogP contribution in [0.4, 0.5) is 0 Å². The van der Waals surface area contributed by atoms with Crippen LogP contribution in [-0.2, 0) is 112 Å². The summed E-state index contributed by atoms with van der Waals surface area (Å²) >= 11 is 0. The van der Waals surface area contributed by atoms with Gasteiger partial charge in [0.15, 0.2) is 16.6 Å². The van der Waals surface area contributed by atoms with Gasteiger partial charge in [0.2, 0.25) is 0 Å². The van der Waals surface area contributed by atoms with Crippen molar-refractivity contribution in [2.24, 2.45) is 0 Å². The number of ether oxygens (including phenoxy) is 1.